The minimum absolute atomic E-state index is 0.0986. The van der Waals surface area contributed by atoms with Crippen LogP contribution in [0.3, 0.4) is 0 Å². The van der Waals surface area contributed by atoms with E-state index < -0.39 is 34.2 Å². The van der Waals surface area contributed by atoms with Crippen molar-refractivity contribution in [2.75, 3.05) is 7.11 Å². The van der Waals surface area contributed by atoms with Gasteiger partial charge in [0.25, 0.3) is 10.0 Å². The van der Waals surface area contributed by atoms with Crippen molar-refractivity contribution in [1.29, 1.82) is 0 Å². The number of methoxy groups -OCH3 is 1. The first kappa shape index (κ1) is 19.5. The fourth-order valence-corrected chi connectivity index (χ4v) is 4.70. The maximum absolute atomic E-state index is 14.3. The van der Waals surface area contributed by atoms with Crippen LogP contribution in [-0.2, 0) is 26.1 Å². The van der Waals surface area contributed by atoms with Crippen LogP contribution in [0.25, 0.3) is 10.2 Å². The van der Waals surface area contributed by atoms with Crippen LogP contribution in [0.1, 0.15) is 0 Å². The zero-order chi connectivity index (χ0) is 19.8. The van der Waals surface area contributed by atoms with Crippen LogP contribution in [0.2, 0.25) is 5.02 Å². The second kappa shape index (κ2) is 7.37. The Kier molecular flexibility index (Phi) is 5.31. The molecule has 0 aliphatic heterocycles. The van der Waals surface area contributed by atoms with E-state index in [9.17, 15) is 22.0 Å². The van der Waals surface area contributed by atoms with E-state index in [1.807, 2.05) is 0 Å². The summed E-state index contributed by atoms with van der Waals surface area (Å²) in [6.45, 7) is -0.492. The third kappa shape index (κ3) is 4.02. The first-order valence-corrected chi connectivity index (χ1v) is 9.96. The molecule has 0 saturated heterocycles. The van der Waals surface area contributed by atoms with Crippen molar-refractivity contribution in [3.63, 3.8) is 0 Å². The maximum Gasteiger partial charge on any atom is 0.325 e. The van der Waals surface area contributed by atoms with Crippen molar-refractivity contribution in [1.82, 2.24) is 4.57 Å². The van der Waals surface area contributed by atoms with E-state index in [4.69, 9.17) is 11.6 Å². The molecule has 3 rings (SSSR count). The zero-order valence-electron chi connectivity index (χ0n) is 13.6. The lowest BCUT2D eigenvalue weighted by Crippen LogP contribution is -2.23. The Labute approximate surface area is 161 Å². The van der Waals surface area contributed by atoms with Gasteiger partial charge in [-0.3, -0.25) is 4.79 Å². The van der Waals surface area contributed by atoms with Crippen LogP contribution in [0.5, 0.6) is 0 Å². The monoisotopic (exact) mass is 432 g/mol. The summed E-state index contributed by atoms with van der Waals surface area (Å²) in [6.07, 6.45) is 0. The average molecular weight is 433 g/mol. The van der Waals surface area contributed by atoms with Gasteiger partial charge in [-0.15, -0.1) is 4.40 Å². The summed E-state index contributed by atoms with van der Waals surface area (Å²) in [5.41, 5.74) is -0.142. The van der Waals surface area contributed by atoms with Crippen LogP contribution in [0, 0.1) is 11.6 Å². The van der Waals surface area contributed by atoms with Crippen LogP contribution in [0.4, 0.5) is 8.78 Å². The van der Waals surface area contributed by atoms with Crippen molar-refractivity contribution >= 4 is 49.1 Å². The van der Waals surface area contributed by atoms with Gasteiger partial charge in [-0.1, -0.05) is 22.9 Å². The first-order valence-electron chi connectivity index (χ1n) is 7.33. The number of carbonyl (C=O) groups is 1. The number of fused-ring (bicyclic) bond motifs is 1. The summed E-state index contributed by atoms with van der Waals surface area (Å²) < 4.78 is 62.3. The summed E-state index contributed by atoms with van der Waals surface area (Å²) in [6, 6.07) is 6.96. The number of carbonyl (C=O) groups excluding carboxylic acids is 1. The van der Waals surface area contributed by atoms with E-state index in [1.165, 1.54) is 24.3 Å². The second-order valence-electron chi connectivity index (χ2n) is 5.30. The summed E-state index contributed by atoms with van der Waals surface area (Å²) in [7, 11) is -3.04. The molecule has 0 aliphatic rings. The summed E-state index contributed by atoms with van der Waals surface area (Å²) in [5.74, 6) is -2.53. The van der Waals surface area contributed by atoms with Crippen molar-refractivity contribution in [2.24, 2.45) is 4.40 Å². The number of ether oxygens (including phenoxy) is 1. The largest absolute Gasteiger partial charge is 0.468 e. The lowest BCUT2D eigenvalue weighted by molar-refractivity contribution is -0.141. The van der Waals surface area contributed by atoms with Gasteiger partial charge in [0.1, 0.15) is 12.4 Å². The Balaban J connectivity index is 2.27. The Morgan fingerprint density at radius 1 is 1.26 bits per heavy atom. The molecular weight excluding hydrogens is 422 g/mol. The van der Waals surface area contributed by atoms with Crippen molar-refractivity contribution < 1.29 is 26.7 Å². The van der Waals surface area contributed by atoms with E-state index in [0.717, 1.165) is 29.1 Å². The Hall–Kier alpha value is -2.30. The molecule has 0 atom stereocenters. The SMILES string of the molecule is COC(=O)Cn1c(=NS(=O)(=O)c2ccc(Cl)cc2)sc2cc(F)cc(F)c21. The van der Waals surface area contributed by atoms with Gasteiger partial charge in [-0.25, -0.2) is 8.78 Å². The molecule has 3 aromatic rings. The minimum atomic E-state index is -4.18. The van der Waals surface area contributed by atoms with E-state index >= 15 is 0 Å². The Morgan fingerprint density at radius 3 is 2.56 bits per heavy atom. The smallest absolute Gasteiger partial charge is 0.325 e. The molecule has 0 fully saturated rings. The summed E-state index contributed by atoms with van der Waals surface area (Å²) in [4.78, 5) is 11.3. The number of benzene rings is 2. The number of thiazole rings is 1. The first-order chi connectivity index (χ1) is 12.7. The van der Waals surface area contributed by atoms with E-state index in [1.54, 1.807) is 0 Å². The van der Waals surface area contributed by atoms with Gasteiger partial charge in [-0.05, 0) is 30.3 Å². The van der Waals surface area contributed by atoms with Crippen LogP contribution >= 0.6 is 22.9 Å². The molecule has 0 aliphatic carbocycles. The highest BCUT2D eigenvalue weighted by atomic mass is 35.5. The van der Waals surface area contributed by atoms with E-state index in [0.29, 0.717) is 11.1 Å². The van der Waals surface area contributed by atoms with Gasteiger partial charge in [0.15, 0.2) is 5.82 Å². The van der Waals surface area contributed by atoms with E-state index in [-0.39, 0.29) is 19.9 Å². The zero-order valence-corrected chi connectivity index (χ0v) is 16.0. The molecule has 0 radical (unpaired) electrons. The third-order valence-corrected chi connectivity index (χ3v) is 6.19. The highest BCUT2D eigenvalue weighted by molar-refractivity contribution is 7.90. The summed E-state index contributed by atoms with van der Waals surface area (Å²) in [5, 5.41) is 0.342. The van der Waals surface area contributed by atoms with Crippen LogP contribution < -0.4 is 4.80 Å². The van der Waals surface area contributed by atoms with Crippen molar-refractivity contribution in [2.45, 2.75) is 11.4 Å². The normalized spacial score (nSPS) is 12.5. The number of hydrogen-bond acceptors (Lipinski definition) is 5. The third-order valence-electron chi connectivity index (χ3n) is 3.52. The van der Waals surface area contributed by atoms with Crippen LogP contribution in [-0.4, -0.2) is 26.1 Å². The highest BCUT2D eigenvalue weighted by Crippen LogP contribution is 2.23. The number of nitrogens with zero attached hydrogens (tertiary/aromatic N) is 2. The average Bonchev–Trinajstić information content (AvgIpc) is 2.91. The summed E-state index contributed by atoms with van der Waals surface area (Å²) >= 11 is 6.48. The molecule has 2 aromatic carbocycles. The topological polar surface area (TPSA) is 77.7 Å². The lowest BCUT2D eigenvalue weighted by atomic mass is 10.3. The number of halogens is 3. The molecule has 1 aromatic heterocycles. The fourth-order valence-electron chi connectivity index (χ4n) is 2.30. The molecule has 27 heavy (non-hydrogen) atoms. The second-order valence-corrected chi connectivity index (χ2v) is 8.35. The minimum Gasteiger partial charge on any atom is -0.468 e. The standard InChI is InChI=1S/C16H11ClF2N2O4S2/c1-25-14(22)8-21-15-12(19)6-10(18)7-13(15)26-16(21)20-27(23,24)11-4-2-9(17)3-5-11/h2-7H,8H2,1H3. The van der Waals surface area contributed by atoms with Crippen molar-refractivity contribution in [3.8, 4) is 0 Å². The number of sulfonamides is 1. The molecule has 0 spiro atoms. The molecule has 142 valence electrons. The Morgan fingerprint density at radius 2 is 1.93 bits per heavy atom. The lowest BCUT2D eigenvalue weighted by Gasteiger charge is -2.05. The number of hydrogen-bond donors (Lipinski definition) is 0. The van der Waals surface area contributed by atoms with Crippen LogP contribution in [0.15, 0.2) is 45.7 Å². The molecule has 0 bridgehead atoms. The quantitative estimate of drug-likeness (QED) is 0.593. The van der Waals surface area contributed by atoms with E-state index in [2.05, 4.69) is 9.13 Å². The fraction of sp³-hybridized carbons (Fsp3) is 0.125. The molecule has 0 amide bonds. The van der Waals surface area contributed by atoms with Gasteiger partial charge >= 0.3 is 5.97 Å². The number of aromatic nitrogens is 1. The van der Waals surface area contributed by atoms with Gasteiger partial charge < -0.3 is 9.30 Å². The van der Waals surface area contributed by atoms with Gasteiger partial charge in [0.05, 0.1) is 22.2 Å². The highest BCUT2D eigenvalue weighted by Gasteiger charge is 2.19. The number of esters is 1. The number of rotatable bonds is 4. The molecule has 0 unspecified atom stereocenters. The molecule has 6 nitrogen and oxygen atoms in total. The molecule has 11 heteroatoms. The van der Waals surface area contributed by atoms with Crippen molar-refractivity contribution in [3.05, 3.63) is 57.9 Å². The predicted molar refractivity (Wildman–Crippen MR) is 95.9 cm³/mol. The molecular formula is C16H11ClF2N2O4S2. The molecule has 1 heterocycles. The van der Waals surface area contributed by atoms with Gasteiger partial charge in [0, 0.05) is 11.1 Å². The maximum atomic E-state index is 14.3. The predicted octanol–water partition coefficient (Wildman–Crippen LogP) is 3.10. The van der Waals surface area contributed by atoms with Gasteiger partial charge in [-0.2, -0.15) is 8.42 Å². The Bertz CT molecular complexity index is 1200. The molecule has 0 saturated carbocycles. The van der Waals surface area contributed by atoms with Gasteiger partial charge in [0.2, 0.25) is 4.80 Å². The molecule has 0 N–H and O–H groups in total.